The lowest BCUT2D eigenvalue weighted by atomic mass is 9.99. The minimum absolute atomic E-state index is 0.112. The summed E-state index contributed by atoms with van der Waals surface area (Å²) in [4.78, 5) is 18.3. The fraction of sp³-hybridized carbons (Fsp3) is 0.185. The van der Waals surface area contributed by atoms with Crippen LogP contribution in [-0.4, -0.2) is 31.7 Å². The Hall–Kier alpha value is -4.06. The van der Waals surface area contributed by atoms with Crippen LogP contribution in [0.25, 0.3) is 22.2 Å². The summed E-state index contributed by atoms with van der Waals surface area (Å²) in [6, 6.07) is 22.9. The number of benzene rings is 3. The second kappa shape index (κ2) is 8.82. The van der Waals surface area contributed by atoms with Gasteiger partial charge in [0.1, 0.15) is 5.75 Å². The van der Waals surface area contributed by atoms with Crippen LogP contribution < -0.4 is 19.5 Å². The third-order valence-electron chi connectivity index (χ3n) is 5.90. The summed E-state index contributed by atoms with van der Waals surface area (Å²) >= 11 is 0. The molecule has 0 spiro atoms. The van der Waals surface area contributed by atoms with Gasteiger partial charge in [-0.3, -0.25) is 4.79 Å². The Morgan fingerprint density at radius 3 is 2.61 bits per heavy atom. The second-order valence-corrected chi connectivity index (χ2v) is 7.84. The van der Waals surface area contributed by atoms with Crippen molar-refractivity contribution in [2.75, 3.05) is 20.8 Å². The first-order valence-corrected chi connectivity index (χ1v) is 10.8. The van der Waals surface area contributed by atoms with Gasteiger partial charge in [0.2, 0.25) is 0 Å². The van der Waals surface area contributed by atoms with Gasteiger partial charge in [-0.1, -0.05) is 36.4 Å². The fourth-order valence-corrected chi connectivity index (χ4v) is 4.23. The van der Waals surface area contributed by atoms with Crippen LogP contribution in [0, 0.1) is 0 Å². The molecule has 1 aliphatic heterocycles. The monoisotopic (exact) mass is 440 g/mol. The number of methoxy groups -OCH3 is 2. The number of aromatic nitrogens is 1. The first-order valence-electron chi connectivity index (χ1n) is 10.8. The summed E-state index contributed by atoms with van der Waals surface area (Å²) in [5.74, 6) is 1.92. The lowest BCUT2D eigenvalue weighted by Gasteiger charge is -2.26. The number of amides is 1. The number of hydrogen-bond donors (Lipinski definition) is 1. The number of nitrogens with zero attached hydrogens (tertiary/aromatic N) is 1. The number of hydrogen-bond acceptors (Lipinski definition) is 5. The fourth-order valence-electron chi connectivity index (χ4n) is 4.23. The molecular formula is C27H24N2O4. The van der Waals surface area contributed by atoms with Gasteiger partial charge in [-0.25, -0.2) is 4.98 Å². The average Bonchev–Trinajstić information content (AvgIpc) is 2.87. The number of fused-ring (bicyclic) bond motifs is 2. The highest BCUT2D eigenvalue weighted by molar-refractivity contribution is 6.07. The molecule has 5 rings (SSSR count). The predicted molar refractivity (Wildman–Crippen MR) is 127 cm³/mol. The van der Waals surface area contributed by atoms with Crippen LogP contribution in [0.3, 0.4) is 0 Å². The van der Waals surface area contributed by atoms with E-state index in [0.717, 1.165) is 27.8 Å². The number of rotatable bonds is 5. The Bertz CT molecular complexity index is 1340. The van der Waals surface area contributed by atoms with Crippen LogP contribution in [0.2, 0.25) is 0 Å². The van der Waals surface area contributed by atoms with Crippen LogP contribution in [0.15, 0.2) is 72.8 Å². The third kappa shape index (κ3) is 3.96. The molecule has 6 nitrogen and oxygen atoms in total. The maximum Gasteiger partial charge on any atom is 0.252 e. The maximum atomic E-state index is 13.5. The number of ether oxygens (including phenoxy) is 3. The molecule has 0 saturated carbocycles. The largest absolute Gasteiger partial charge is 0.493 e. The zero-order chi connectivity index (χ0) is 22.8. The summed E-state index contributed by atoms with van der Waals surface area (Å²) in [7, 11) is 3.20. The molecule has 1 atom stereocenters. The molecule has 1 aromatic heterocycles. The summed E-state index contributed by atoms with van der Waals surface area (Å²) < 4.78 is 16.6. The normalized spacial score (nSPS) is 14.8. The van der Waals surface area contributed by atoms with Crippen LogP contribution in [-0.2, 0) is 0 Å². The molecule has 166 valence electrons. The third-order valence-corrected chi connectivity index (χ3v) is 5.90. The van der Waals surface area contributed by atoms with Gasteiger partial charge in [0.25, 0.3) is 5.91 Å². The molecule has 4 aromatic rings. The van der Waals surface area contributed by atoms with Crippen molar-refractivity contribution in [2.45, 2.75) is 12.5 Å². The molecule has 0 radical (unpaired) electrons. The van der Waals surface area contributed by atoms with E-state index in [9.17, 15) is 4.79 Å². The van der Waals surface area contributed by atoms with Gasteiger partial charge in [0, 0.05) is 22.9 Å². The Morgan fingerprint density at radius 1 is 0.970 bits per heavy atom. The van der Waals surface area contributed by atoms with E-state index >= 15 is 0 Å². The van der Waals surface area contributed by atoms with Crippen molar-refractivity contribution in [1.29, 1.82) is 0 Å². The molecule has 0 aliphatic carbocycles. The molecule has 0 bridgehead atoms. The average molecular weight is 440 g/mol. The number of para-hydroxylation sites is 2. The molecule has 1 aliphatic rings. The Labute approximate surface area is 192 Å². The summed E-state index contributed by atoms with van der Waals surface area (Å²) in [6.45, 7) is 0.565. The van der Waals surface area contributed by atoms with Crippen molar-refractivity contribution in [3.05, 3.63) is 83.9 Å². The van der Waals surface area contributed by atoms with E-state index in [2.05, 4.69) is 5.32 Å². The summed E-state index contributed by atoms with van der Waals surface area (Å²) in [5, 5.41) is 4.02. The van der Waals surface area contributed by atoms with E-state index < -0.39 is 0 Å². The number of pyridine rings is 1. The molecule has 1 N–H and O–H groups in total. The molecule has 6 heteroatoms. The molecule has 0 saturated heterocycles. The topological polar surface area (TPSA) is 69.7 Å². The maximum absolute atomic E-state index is 13.5. The van der Waals surface area contributed by atoms with E-state index in [1.165, 1.54) is 0 Å². The van der Waals surface area contributed by atoms with Gasteiger partial charge < -0.3 is 19.5 Å². The number of nitrogens with one attached hydrogen (secondary N) is 1. The van der Waals surface area contributed by atoms with E-state index in [0.29, 0.717) is 35.8 Å². The summed E-state index contributed by atoms with van der Waals surface area (Å²) in [6.07, 6.45) is 0.717. The zero-order valence-electron chi connectivity index (χ0n) is 18.5. The van der Waals surface area contributed by atoms with E-state index in [1.54, 1.807) is 14.2 Å². The molecule has 33 heavy (non-hydrogen) atoms. The number of carbonyl (C=O) groups excluding carboxylic acids is 1. The van der Waals surface area contributed by atoms with E-state index in [4.69, 9.17) is 19.2 Å². The zero-order valence-corrected chi connectivity index (χ0v) is 18.5. The van der Waals surface area contributed by atoms with Gasteiger partial charge in [0.05, 0.1) is 43.6 Å². The Kier molecular flexibility index (Phi) is 5.57. The minimum atomic E-state index is -0.142. The van der Waals surface area contributed by atoms with E-state index in [1.807, 2.05) is 72.8 Å². The lowest BCUT2D eigenvalue weighted by Crippen LogP contribution is -2.32. The van der Waals surface area contributed by atoms with Gasteiger partial charge >= 0.3 is 0 Å². The van der Waals surface area contributed by atoms with Crippen LogP contribution in [0.1, 0.15) is 28.4 Å². The molecule has 0 fully saturated rings. The van der Waals surface area contributed by atoms with Crippen molar-refractivity contribution in [3.8, 4) is 28.5 Å². The van der Waals surface area contributed by atoms with Crippen molar-refractivity contribution in [3.63, 3.8) is 0 Å². The Balaban J connectivity index is 1.55. The quantitative estimate of drug-likeness (QED) is 0.464. The molecule has 3 aromatic carbocycles. The van der Waals surface area contributed by atoms with Gasteiger partial charge in [-0.2, -0.15) is 0 Å². The van der Waals surface area contributed by atoms with Crippen LogP contribution in [0.4, 0.5) is 0 Å². The Morgan fingerprint density at radius 2 is 1.76 bits per heavy atom. The highest BCUT2D eigenvalue weighted by atomic mass is 16.5. The molecule has 2 heterocycles. The highest BCUT2D eigenvalue weighted by Crippen LogP contribution is 2.34. The highest BCUT2D eigenvalue weighted by Gasteiger charge is 2.24. The van der Waals surface area contributed by atoms with Crippen molar-refractivity contribution in [1.82, 2.24) is 10.3 Å². The first kappa shape index (κ1) is 20.8. The second-order valence-electron chi connectivity index (χ2n) is 7.84. The van der Waals surface area contributed by atoms with E-state index in [-0.39, 0.29) is 11.9 Å². The van der Waals surface area contributed by atoms with Crippen molar-refractivity contribution in [2.24, 2.45) is 0 Å². The molecule has 1 amide bonds. The summed E-state index contributed by atoms with van der Waals surface area (Å²) in [5.41, 5.74) is 3.85. The smallest absolute Gasteiger partial charge is 0.252 e. The molecular weight excluding hydrogens is 416 g/mol. The predicted octanol–water partition coefficient (Wildman–Crippen LogP) is 5.17. The first-order chi connectivity index (χ1) is 16.2. The van der Waals surface area contributed by atoms with Gasteiger partial charge in [-0.15, -0.1) is 0 Å². The SMILES string of the molecule is COc1ccc(-c2cc(C(=O)NC3CCOc4ccccc43)c3ccccc3n2)cc1OC. The minimum Gasteiger partial charge on any atom is -0.493 e. The van der Waals surface area contributed by atoms with Crippen molar-refractivity contribution >= 4 is 16.8 Å². The van der Waals surface area contributed by atoms with Crippen LogP contribution >= 0.6 is 0 Å². The standard InChI is InChI=1S/C27H24N2O4/c1-31-25-12-11-17(15-26(25)32-2)23-16-20(18-7-3-5-9-21(18)28-23)27(30)29-22-13-14-33-24-10-6-4-8-19(22)24/h3-12,15-16,22H,13-14H2,1-2H3,(H,29,30). The van der Waals surface area contributed by atoms with Crippen LogP contribution in [0.5, 0.6) is 17.2 Å². The number of carbonyl (C=O) groups is 1. The van der Waals surface area contributed by atoms with Gasteiger partial charge in [0.15, 0.2) is 11.5 Å². The molecule has 1 unspecified atom stereocenters. The lowest BCUT2D eigenvalue weighted by molar-refractivity contribution is 0.0926. The van der Waals surface area contributed by atoms with Gasteiger partial charge in [-0.05, 0) is 36.4 Å². The van der Waals surface area contributed by atoms with Crippen molar-refractivity contribution < 1.29 is 19.0 Å².